The highest BCUT2D eigenvalue weighted by Gasteiger charge is 2.18. The van der Waals surface area contributed by atoms with Crippen molar-refractivity contribution in [1.82, 2.24) is 15.3 Å². The van der Waals surface area contributed by atoms with E-state index in [0.717, 1.165) is 30.9 Å². The maximum absolute atomic E-state index is 12.2. The standard InChI is InChI=1S/C12H19N3OS/c1-9-6-10(2)15-12(14-9)17(16)8-11-4-3-5-13-7-11/h6,11,13H,3-5,7-8H2,1-2H3/t11-,17+/m0/s1. The molecular weight excluding hydrogens is 234 g/mol. The lowest BCUT2D eigenvalue weighted by molar-refractivity contribution is 0.407. The number of nitrogens with one attached hydrogen (secondary N) is 1. The number of nitrogens with zero attached hydrogens (tertiary/aromatic N) is 2. The number of aromatic nitrogens is 2. The Bertz CT molecular complexity index is 396. The fraction of sp³-hybridized carbons (Fsp3) is 0.667. The van der Waals surface area contributed by atoms with Gasteiger partial charge in [-0.3, -0.25) is 4.21 Å². The number of hydrogen-bond donors (Lipinski definition) is 1. The zero-order valence-corrected chi connectivity index (χ0v) is 11.2. The minimum absolute atomic E-state index is 0.494. The van der Waals surface area contributed by atoms with E-state index >= 15 is 0 Å². The SMILES string of the molecule is Cc1cc(C)nc([S@](=O)C[C@H]2CCCNC2)n1. The molecular formula is C12H19N3OS. The molecule has 0 unspecified atom stereocenters. The molecule has 94 valence electrons. The normalized spacial score (nSPS) is 22.4. The van der Waals surface area contributed by atoms with Crippen LogP contribution in [0.1, 0.15) is 24.2 Å². The maximum atomic E-state index is 12.2. The van der Waals surface area contributed by atoms with Crippen molar-refractivity contribution >= 4 is 10.8 Å². The summed E-state index contributed by atoms with van der Waals surface area (Å²) in [7, 11) is -1.06. The highest BCUT2D eigenvalue weighted by atomic mass is 32.2. The summed E-state index contributed by atoms with van der Waals surface area (Å²) in [6.45, 7) is 5.88. The van der Waals surface area contributed by atoms with E-state index in [-0.39, 0.29) is 0 Å². The molecule has 0 radical (unpaired) electrons. The molecule has 2 atom stereocenters. The number of hydrogen-bond acceptors (Lipinski definition) is 4. The molecule has 0 aromatic carbocycles. The van der Waals surface area contributed by atoms with Crippen LogP contribution >= 0.6 is 0 Å². The van der Waals surface area contributed by atoms with E-state index in [1.807, 2.05) is 19.9 Å². The Labute approximate surface area is 105 Å². The first-order valence-corrected chi connectivity index (χ1v) is 7.38. The van der Waals surface area contributed by atoms with E-state index in [0.29, 0.717) is 16.8 Å². The van der Waals surface area contributed by atoms with Crippen molar-refractivity contribution in [1.29, 1.82) is 0 Å². The average Bonchev–Trinajstić information content (AvgIpc) is 2.29. The molecule has 1 saturated heterocycles. The Morgan fingerprint density at radius 2 is 2.12 bits per heavy atom. The molecule has 0 amide bonds. The van der Waals surface area contributed by atoms with Gasteiger partial charge in [0.1, 0.15) is 0 Å². The molecule has 1 aromatic heterocycles. The van der Waals surface area contributed by atoms with E-state index in [9.17, 15) is 4.21 Å². The third kappa shape index (κ3) is 3.57. The summed E-state index contributed by atoms with van der Waals surface area (Å²) >= 11 is 0. The lowest BCUT2D eigenvalue weighted by atomic mass is 10.0. The molecule has 4 nitrogen and oxygen atoms in total. The van der Waals surface area contributed by atoms with Gasteiger partial charge < -0.3 is 5.32 Å². The highest BCUT2D eigenvalue weighted by molar-refractivity contribution is 7.84. The summed E-state index contributed by atoms with van der Waals surface area (Å²) in [5.41, 5.74) is 1.78. The second kappa shape index (κ2) is 5.69. The van der Waals surface area contributed by atoms with Crippen LogP contribution in [0, 0.1) is 19.8 Å². The van der Waals surface area contributed by atoms with E-state index in [1.165, 1.54) is 6.42 Å². The molecule has 1 N–H and O–H groups in total. The summed E-state index contributed by atoms with van der Waals surface area (Å²) in [6.07, 6.45) is 2.33. The quantitative estimate of drug-likeness (QED) is 0.822. The van der Waals surface area contributed by atoms with Gasteiger partial charge >= 0.3 is 0 Å². The van der Waals surface area contributed by atoms with Crippen molar-refractivity contribution in [2.24, 2.45) is 5.92 Å². The van der Waals surface area contributed by atoms with Crippen LogP contribution in [0.2, 0.25) is 0 Å². The van der Waals surface area contributed by atoms with Gasteiger partial charge in [0.15, 0.2) is 0 Å². The zero-order valence-electron chi connectivity index (χ0n) is 10.4. The van der Waals surface area contributed by atoms with Crippen LogP contribution in [0.4, 0.5) is 0 Å². The van der Waals surface area contributed by atoms with Crippen LogP contribution in [0.3, 0.4) is 0 Å². The molecule has 17 heavy (non-hydrogen) atoms. The summed E-state index contributed by atoms with van der Waals surface area (Å²) in [5.74, 6) is 1.17. The first-order valence-electron chi connectivity index (χ1n) is 6.06. The molecule has 1 aliphatic heterocycles. The molecule has 0 saturated carbocycles. The van der Waals surface area contributed by atoms with E-state index in [2.05, 4.69) is 15.3 Å². The third-order valence-electron chi connectivity index (χ3n) is 2.95. The second-order valence-electron chi connectivity index (χ2n) is 4.66. The number of rotatable bonds is 3. The molecule has 0 bridgehead atoms. The molecule has 2 heterocycles. The van der Waals surface area contributed by atoms with Crippen LogP contribution in [-0.2, 0) is 10.8 Å². The first kappa shape index (κ1) is 12.6. The highest BCUT2D eigenvalue weighted by Crippen LogP contribution is 2.14. The fourth-order valence-electron chi connectivity index (χ4n) is 2.15. The summed E-state index contributed by atoms with van der Waals surface area (Å²) in [5, 5.41) is 3.83. The third-order valence-corrected chi connectivity index (χ3v) is 4.32. The second-order valence-corrected chi connectivity index (χ2v) is 6.05. The first-order chi connectivity index (χ1) is 8.15. The van der Waals surface area contributed by atoms with Crippen molar-refractivity contribution in [2.45, 2.75) is 31.8 Å². The smallest absolute Gasteiger partial charge is 0.218 e. The van der Waals surface area contributed by atoms with Gasteiger partial charge in [-0.15, -0.1) is 0 Å². The van der Waals surface area contributed by atoms with Gasteiger partial charge in [0.25, 0.3) is 0 Å². The fourth-order valence-corrected chi connectivity index (χ4v) is 3.50. The van der Waals surface area contributed by atoms with E-state index in [1.54, 1.807) is 0 Å². The molecule has 0 spiro atoms. The zero-order chi connectivity index (χ0) is 12.3. The van der Waals surface area contributed by atoms with Gasteiger partial charge in [-0.05, 0) is 51.8 Å². The molecule has 5 heteroatoms. The van der Waals surface area contributed by atoms with Crippen LogP contribution < -0.4 is 5.32 Å². The maximum Gasteiger partial charge on any atom is 0.218 e. The largest absolute Gasteiger partial charge is 0.316 e. The Morgan fingerprint density at radius 1 is 1.41 bits per heavy atom. The molecule has 1 fully saturated rings. The summed E-state index contributed by atoms with van der Waals surface area (Å²) in [4.78, 5) is 8.54. The Morgan fingerprint density at radius 3 is 2.71 bits per heavy atom. The van der Waals surface area contributed by atoms with Crippen molar-refractivity contribution in [3.05, 3.63) is 17.5 Å². The van der Waals surface area contributed by atoms with Gasteiger partial charge in [0.2, 0.25) is 5.16 Å². The number of piperidine rings is 1. The van der Waals surface area contributed by atoms with Gasteiger partial charge in [-0.25, -0.2) is 9.97 Å². The summed E-state index contributed by atoms with van der Waals surface area (Å²) in [6, 6.07) is 1.91. The lowest BCUT2D eigenvalue weighted by Crippen LogP contribution is -2.32. The Hall–Kier alpha value is -0.810. The van der Waals surface area contributed by atoms with Crippen LogP contribution in [0.15, 0.2) is 11.2 Å². The van der Waals surface area contributed by atoms with E-state index < -0.39 is 10.8 Å². The van der Waals surface area contributed by atoms with Crippen molar-refractivity contribution in [3.8, 4) is 0 Å². The molecule has 2 rings (SSSR count). The summed E-state index contributed by atoms with van der Waals surface area (Å²) < 4.78 is 12.2. The number of aryl methyl sites for hydroxylation is 2. The van der Waals surface area contributed by atoms with Gasteiger partial charge in [-0.1, -0.05) is 0 Å². The molecule has 1 aliphatic rings. The van der Waals surface area contributed by atoms with Crippen LogP contribution in [0.5, 0.6) is 0 Å². The van der Waals surface area contributed by atoms with Crippen LogP contribution in [-0.4, -0.2) is 33.0 Å². The molecule has 0 aliphatic carbocycles. The van der Waals surface area contributed by atoms with Gasteiger partial charge in [0.05, 0.1) is 10.8 Å². The monoisotopic (exact) mass is 253 g/mol. The predicted octanol–water partition coefficient (Wildman–Crippen LogP) is 1.20. The lowest BCUT2D eigenvalue weighted by Gasteiger charge is -2.21. The minimum Gasteiger partial charge on any atom is -0.316 e. The Balaban J connectivity index is 2.03. The van der Waals surface area contributed by atoms with Crippen molar-refractivity contribution < 1.29 is 4.21 Å². The average molecular weight is 253 g/mol. The van der Waals surface area contributed by atoms with Crippen LogP contribution in [0.25, 0.3) is 0 Å². The predicted molar refractivity (Wildman–Crippen MR) is 68.4 cm³/mol. The van der Waals surface area contributed by atoms with Gasteiger partial charge in [0, 0.05) is 17.1 Å². The van der Waals surface area contributed by atoms with Gasteiger partial charge in [-0.2, -0.15) is 0 Å². The minimum atomic E-state index is -1.06. The Kier molecular flexibility index (Phi) is 4.23. The molecule has 1 aromatic rings. The topological polar surface area (TPSA) is 54.9 Å². The van der Waals surface area contributed by atoms with Crippen molar-refractivity contribution in [2.75, 3.05) is 18.8 Å². The van der Waals surface area contributed by atoms with E-state index in [4.69, 9.17) is 0 Å². The van der Waals surface area contributed by atoms with Crippen molar-refractivity contribution in [3.63, 3.8) is 0 Å².